The monoisotopic (exact) mass is 541 g/mol. The van der Waals surface area contributed by atoms with Crippen LogP contribution in [0.1, 0.15) is 15.2 Å². The molecule has 0 fully saturated rings. The molecule has 3 amide bonds. The highest BCUT2D eigenvalue weighted by molar-refractivity contribution is 8.04. The number of ether oxygens (including phenoxy) is 1. The summed E-state index contributed by atoms with van der Waals surface area (Å²) in [6.07, 6.45) is 0. The summed E-state index contributed by atoms with van der Waals surface area (Å²) in [6.45, 7) is 1.89. The molecule has 1 aromatic heterocycles. The number of methoxy groups -OCH3 is 1. The van der Waals surface area contributed by atoms with Crippen LogP contribution in [0, 0.1) is 6.92 Å². The first-order valence-corrected chi connectivity index (χ1v) is 13.4. The molecule has 190 valence electrons. The summed E-state index contributed by atoms with van der Waals surface area (Å²) in [6, 6.07) is 25.3. The van der Waals surface area contributed by atoms with Gasteiger partial charge in [0, 0.05) is 16.3 Å². The van der Waals surface area contributed by atoms with Crippen LogP contribution in [0.5, 0.6) is 5.75 Å². The van der Waals surface area contributed by atoms with Gasteiger partial charge in [0.1, 0.15) is 16.4 Å². The zero-order valence-electron chi connectivity index (χ0n) is 20.6. The molecule has 0 saturated carbocycles. The fraction of sp³-hybridized carbons (Fsp3) is 0.0690. The molecule has 4 aromatic rings. The minimum atomic E-state index is -0.479. The number of imide groups is 1. The second-order valence-electron chi connectivity index (χ2n) is 8.38. The Kier molecular flexibility index (Phi) is 7.30. The normalized spacial score (nSPS) is 13.2. The standard InChI is InChI=1S/C29H23N3O4S2/c1-18-13-14-23(36-2)22(16-18)32-28(34)25(30-19-8-4-3-5-9-19)26(29(32)35)38-21-11-6-10-20(17-21)31-27(33)24-12-7-15-37-24/h3-17,30H,1-2H3,(H,31,33). The molecule has 5 rings (SSSR count). The lowest BCUT2D eigenvalue weighted by molar-refractivity contribution is -0.120. The van der Waals surface area contributed by atoms with E-state index >= 15 is 0 Å². The number of carbonyl (C=O) groups is 3. The third-order valence-corrected chi connectivity index (χ3v) is 7.66. The lowest BCUT2D eigenvalue weighted by Crippen LogP contribution is -2.32. The highest BCUT2D eigenvalue weighted by atomic mass is 32.2. The van der Waals surface area contributed by atoms with Crippen LogP contribution in [0.4, 0.5) is 17.1 Å². The van der Waals surface area contributed by atoms with Crippen molar-refractivity contribution >= 4 is 57.9 Å². The van der Waals surface area contributed by atoms with E-state index in [1.165, 1.54) is 18.4 Å². The molecule has 0 saturated heterocycles. The Morgan fingerprint density at radius 3 is 2.42 bits per heavy atom. The maximum absolute atomic E-state index is 13.8. The van der Waals surface area contributed by atoms with Crippen LogP contribution in [0.25, 0.3) is 0 Å². The van der Waals surface area contributed by atoms with E-state index in [0.29, 0.717) is 32.6 Å². The van der Waals surface area contributed by atoms with Gasteiger partial charge in [-0.3, -0.25) is 14.4 Å². The van der Waals surface area contributed by atoms with Crippen molar-refractivity contribution in [3.63, 3.8) is 0 Å². The van der Waals surface area contributed by atoms with Crippen LogP contribution in [-0.4, -0.2) is 24.8 Å². The number of thioether (sulfide) groups is 1. The number of nitrogens with one attached hydrogen (secondary N) is 2. The third-order valence-electron chi connectivity index (χ3n) is 5.72. The topological polar surface area (TPSA) is 87.7 Å². The van der Waals surface area contributed by atoms with Gasteiger partial charge in [-0.25, -0.2) is 4.90 Å². The number of nitrogens with zero attached hydrogens (tertiary/aromatic N) is 1. The Morgan fingerprint density at radius 1 is 0.895 bits per heavy atom. The van der Waals surface area contributed by atoms with Crippen molar-refractivity contribution in [2.24, 2.45) is 0 Å². The summed E-state index contributed by atoms with van der Waals surface area (Å²) in [4.78, 5) is 42.7. The minimum absolute atomic E-state index is 0.169. The van der Waals surface area contributed by atoms with Crippen molar-refractivity contribution < 1.29 is 19.1 Å². The Bertz CT molecular complexity index is 1550. The molecule has 0 bridgehead atoms. The van der Waals surface area contributed by atoms with Crippen molar-refractivity contribution in [3.05, 3.63) is 111 Å². The van der Waals surface area contributed by atoms with E-state index in [9.17, 15) is 14.4 Å². The first-order chi connectivity index (χ1) is 18.4. The predicted molar refractivity (Wildman–Crippen MR) is 152 cm³/mol. The van der Waals surface area contributed by atoms with Gasteiger partial charge in [-0.15, -0.1) is 11.3 Å². The molecule has 0 radical (unpaired) electrons. The van der Waals surface area contributed by atoms with Gasteiger partial charge in [-0.05, 0) is 66.4 Å². The van der Waals surface area contributed by atoms with Crippen LogP contribution in [0.15, 0.2) is 106 Å². The quantitative estimate of drug-likeness (QED) is 0.254. The summed E-state index contributed by atoms with van der Waals surface area (Å²) in [5.41, 5.74) is 2.69. The van der Waals surface area contributed by atoms with Gasteiger partial charge in [0.25, 0.3) is 17.7 Å². The summed E-state index contributed by atoms with van der Waals surface area (Å²) in [5, 5.41) is 7.87. The van der Waals surface area contributed by atoms with Gasteiger partial charge in [0.05, 0.1) is 17.7 Å². The number of anilines is 3. The van der Waals surface area contributed by atoms with E-state index in [1.54, 1.807) is 36.4 Å². The summed E-state index contributed by atoms with van der Waals surface area (Å²) < 4.78 is 5.47. The number of hydrogen-bond donors (Lipinski definition) is 2. The number of para-hydroxylation sites is 1. The maximum Gasteiger partial charge on any atom is 0.283 e. The Hall–Kier alpha value is -4.34. The molecule has 0 atom stereocenters. The van der Waals surface area contributed by atoms with Gasteiger partial charge < -0.3 is 15.4 Å². The Labute approximate surface area is 228 Å². The molecular formula is C29H23N3O4S2. The summed E-state index contributed by atoms with van der Waals surface area (Å²) >= 11 is 2.51. The second-order valence-corrected chi connectivity index (χ2v) is 10.4. The van der Waals surface area contributed by atoms with Crippen molar-refractivity contribution in [1.82, 2.24) is 0 Å². The van der Waals surface area contributed by atoms with Gasteiger partial charge in [-0.1, -0.05) is 48.2 Å². The van der Waals surface area contributed by atoms with Gasteiger partial charge >= 0.3 is 0 Å². The molecule has 1 aliphatic rings. The van der Waals surface area contributed by atoms with Crippen molar-refractivity contribution in [2.75, 3.05) is 22.6 Å². The van der Waals surface area contributed by atoms with E-state index in [1.807, 2.05) is 60.8 Å². The van der Waals surface area contributed by atoms with Crippen LogP contribution < -0.4 is 20.3 Å². The van der Waals surface area contributed by atoms with E-state index in [2.05, 4.69) is 10.6 Å². The molecule has 1 aliphatic heterocycles. The predicted octanol–water partition coefficient (Wildman–Crippen LogP) is 6.31. The molecule has 9 heteroatoms. The molecular weight excluding hydrogens is 518 g/mol. The van der Waals surface area contributed by atoms with E-state index in [4.69, 9.17) is 4.74 Å². The van der Waals surface area contributed by atoms with E-state index in [-0.39, 0.29) is 16.5 Å². The van der Waals surface area contributed by atoms with Gasteiger partial charge in [-0.2, -0.15) is 0 Å². The van der Waals surface area contributed by atoms with Crippen LogP contribution in [0.2, 0.25) is 0 Å². The molecule has 38 heavy (non-hydrogen) atoms. The third kappa shape index (κ3) is 5.20. The first kappa shape index (κ1) is 25.3. The fourth-order valence-electron chi connectivity index (χ4n) is 3.93. The fourth-order valence-corrected chi connectivity index (χ4v) is 5.54. The molecule has 0 aliphatic carbocycles. The summed E-state index contributed by atoms with van der Waals surface area (Å²) in [5.74, 6) is -0.735. The largest absolute Gasteiger partial charge is 0.495 e. The number of carbonyl (C=O) groups excluding carboxylic acids is 3. The number of rotatable bonds is 8. The number of benzene rings is 3. The second kappa shape index (κ2) is 11.0. The van der Waals surface area contributed by atoms with E-state index in [0.717, 1.165) is 22.2 Å². The Balaban J connectivity index is 1.49. The minimum Gasteiger partial charge on any atom is -0.495 e. The molecule has 3 aromatic carbocycles. The summed E-state index contributed by atoms with van der Waals surface area (Å²) in [7, 11) is 1.50. The molecule has 2 heterocycles. The van der Waals surface area contributed by atoms with Crippen molar-refractivity contribution in [2.45, 2.75) is 11.8 Å². The molecule has 0 unspecified atom stereocenters. The van der Waals surface area contributed by atoms with Gasteiger partial charge in [0.2, 0.25) is 0 Å². The lowest BCUT2D eigenvalue weighted by atomic mass is 10.2. The zero-order valence-corrected chi connectivity index (χ0v) is 22.2. The molecule has 7 nitrogen and oxygen atoms in total. The molecule has 0 spiro atoms. The number of amides is 3. The molecule has 2 N–H and O–H groups in total. The maximum atomic E-state index is 13.8. The van der Waals surface area contributed by atoms with Crippen molar-refractivity contribution in [1.29, 1.82) is 0 Å². The van der Waals surface area contributed by atoms with Crippen LogP contribution in [0.3, 0.4) is 0 Å². The smallest absolute Gasteiger partial charge is 0.283 e. The highest BCUT2D eigenvalue weighted by Gasteiger charge is 2.41. The SMILES string of the molecule is COc1ccc(C)cc1N1C(=O)C(Nc2ccccc2)=C(Sc2cccc(NC(=O)c3cccs3)c2)C1=O. The lowest BCUT2D eigenvalue weighted by Gasteiger charge is -2.19. The average molecular weight is 542 g/mol. The first-order valence-electron chi connectivity index (χ1n) is 11.7. The van der Waals surface area contributed by atoms with Crippen LogP contribution in [-0.2, 0) is 9.59 Å². The average Bonchev–Trinajstić information content (AvgIpc) is 3.53. The highest BCUT2D eigenvalue weighted by Crippen LogP contribution is 2.41. The number of aryl methyl sites for hydroxylation is 1. The number of thiophene rings is 1. The zero-order chi connectivity index (χ0) is 26.6. The Morgan fingerprint density at radius 2 is 1.68 bits per heavy atom. The van der Waals surface area contributed by atoms with Crippen LogP contribution >= 0.6 is 23.1 Å². The van der Waals surface area contributed by atoms with Gasteiger partial charge in [0.15, 0.2) is 0 Å². The van der Waals surface area contributed by atoms with E-state index < -0.39 is 11.8 Å². The number of hydrogen-bond acceptors (Lipinski definition) is 7. The van der Waals surface area contributed by atoms with Crippen molar-refractivity contribution in [3.8, 4) is 5.75 Å².